The molecule has 0 amide bonds. The summed E-state index contributed by atoms with van der Waals surface area (Å²) in [6.45, 7) is 0.905. The van der Waals surface area contributed by atoms with Gasteiger partial charge in [-0.25, -0.2) is 4.39 Å². The minimum absolute atomic E-state index is 0.0669. The predicted octanol–water partition coefficient (Wildman–Crippen LogP) is 2.50. The van der Waals surface area contributed by atoms with E-state index >= 15 is 0 Å². The van der Waals surface area contributed by atoms with Crippen LogP contribution in [-0.4, -0.2) is 31.4 Å². The van der Waals surface area contributed by atoms with E-state index in [-0.39, 0.29) is 12.2 Å². The van der Waals surface area contributed by atoms with Gasteiger partial charge in [-0.3, -0.25) is 4.79 Å². The average Bonchev–Trinajstić information content (AvgIpc) is 3.21. The van der Waals surface area contributed by atoms with Crippen LogP contribution in [0.5, 0.6) is 17.2 Å². The molecule has 1 aromatic rings. The third kappa shape index (κ3) is 2.39. The topological polar surface area (TPSA) is 65.0 Å². The SMILES string of the molecule is COc1c(F)cc2c(c1C1(CC(=O)O)CC1)OCCCO2. The Morgan fingerprint density at radius 3 is 2.76 bits per heavy atom. The highest BCUT2D eigenvalue weighted by molar-refractivity contribution is 5.72. The van der Waals surface area contributed by atoms with Crippen molar-refractivity contribution >= 4 is 5.97 Å². The summed E-state index contributed by atoms with van der Waals surface area (Å²) in [5.74, 6) is -0.629. The maximum absolute atomic E-state index is 14.3. The molecule has 114 valence electrons. The van der Waals surface area contributed by atoms with Gasteiger partial charge in [-0.1, -0.05) is 0 Å². The number of rotatable bonds is 4. The maximum Gasteiger partial charge on any atom is 0.304 e. The summed E-state index contributed by atoms with van der Waals surface area (Å²) in [7, 11) is 1.38. The first-order valence-electron chi connectivity index (χ1n) is 6.96. The zero-order valence-corrected chi connectivity index (χ0v) is 11.8. The predicted molar refractivity (Wildman–Crippen MR) is 71.7 cm³/mol. The van der Waals surface area contributed by atoms with Crippen LogP contribution < -0.4 is 14.2 Å². The van der Waals surface area contributed by atoms with Crippen molar-refractivity contribution in [2.75, 3.05) is 20.3 Å². The number of ether oxygens (including phenoxy) is 3. The third-order valence-electron chi connectivity index (χ3n) is 4.02. The van der Waals surface area contributed by atoms with Gasteiger partial charge in [0.05, 0.1) is 26.7 Å². The average molecular weight is 296 g/mol. The maximum atomic E-state index is 14.3. The molecule has 6 heteroatoms. The molecule has 0 bridgehead atoms. The molecule has 1 saturated carbocycles. The van der Waals surface area contributed by atoms with Gasteiger partial charge < -0.3 is 19.3 Å². The number of methoxy groups -OCH3 is 1. The molecule has 0 saturated heterocycles. The van der Waals surface area contributed by atoms with E-state index in [1.54, 1.807) is 0 Å². The normalized spacial score (nSPS) is 18.8. The lowest BCUT2D eigenvalue weighted by Gasteiger charge is -2.22. The lowest BCUT2D eigenvalue weighted by atomic mass is 9.90. The number of aliphatic carboxylic acids is 1. The second kappa shape index (κ2) is 5.09. The molecule has 1 aliphatic carbocycles. The number of halogens is 1. The summed E-state index contributed by atoms with van der Waals surface area (Å²) in [5.41, 5.74) is -0.110. The van der Waals surface area contributed by atoms with E-state index < -0.39 is 17.2 Å². The molecule has 3 rings (SSSR count). The second-order valence-electron chi connectivity index (χ2n) is 5.50. The Labute approximate surface area is 121 Å². The Kier molecular flexibility index (Phi) is 3.39. The van der Waals surface area contributed by atoms with Crippen molar-refractivity contribution in [2.45, 2.75) is 31.1 Å². The van der Waals surface area contributed by atoms with Gasteiger partial charge >= 0.3 is 5.97 Å². The van der Waals surface area contributed by atoms with Crippen molar-refractivity contribution in [3.63, 3.8) is 0 Å². The molecule has 0 radical (unpaired) electrons. The van der Waals surface area contributed by atoms with Gasteiger partial charge in [0.2, 0.25) is 0 Å². The zero-order valence-electron chi connectivity index (χ0n) is 11.8. The number of carbonyl (C=O) groups is 1. The van der Waals surface area contributed by atoms with Crippen LogP contribution in [0.4, 0.5) is 4.39 Å². The smallest absolute Gasteiger partial charge is 0.304 e. The molecule has 2 aliphatic rings. The largest absolute Gasteiger partial charge is 0.493 e. The standard InChI is InChI=1S/C15H17FO5/c1-19-13-9(16)7-10-14(21-6-2-5-20-10)12(13)15(3-4-15)8-11(17)18/h7H,2-6,8H2,1H3,(H,17,18). The first kappa shape index (κ1) is 14.0. The summed E-state index contributed by atoms with van der Waals surface area (Å²) in [6, 6.07) is 1.25. The Morgan fingerprint density at radius 1 is 1.43 bits per heavy atom. The van der Waals surface area contributed by atoms with E-state index in [1.807, 2.05) is 0 Å². The molecule has 1 fully saturated rings. The van der Waals surface area contributed by atoms with Crippen molar-refractivity contribution in [1.82, 2.24) is 0 Å². The fourth-order valence-electron chi connectivity index (χ4n) is 2.89. The lowest BCUT2D eigenvalue weighted by molar-refractivity contribution is -0.137. The highest BCUT2D eigenvalue weighted by Crippen LogP contribution is 2.59. The van der Waals surface area contributed by atoms with Crippen LogP contribution in [0.15, 0.2) is 6.07 Å². The van der Waals surface area contributed by atoms with E-state index in [9.17, 15) is 9.18 Å². The minimum atomic E-state index is -0.915. The van der Waals surface area contributed by atoms with Crippen molar-refractivity contribution < 1.29 is 28.5 Å². The third-order valence-corrected chi connectivity index (χ3v) is 4.02. The molecule has 21 heavy (non-hydrogen) atoms. The number of carboxylic acids is 1. The van der Waals surface area contributed by atoms with Gasteiger partial charge in [-0.15, -0.1) is 0 Å². The monoisotopic (exact) mass is 296 g/mol. The Bertz CT molecular complexity index is 580. The van der Waals surface area contributed by atoms with Crippen LogP contribution in [0.3, 0.4) is 0 Å². The van der Waals surface area contributed by atoms with Crippen molar-refractivity contribution in [1.29, 1.82) is 0 Å². The fraction of sp³-hybridized carbons (Fsp3) is 0.533. The lowest BCUT2D eigenvalue weighted by Crippen LogP contribution is -2.17. The number of fused-ring (bicyclic) bond motifs is 1. The number of hydrogen-bond acceptors (Lipinski definition) is 4. The highest BCUT2D eigenvalue weighted by Gasteiger charge is 2.51. The van der Waals surface area contributed by atoms with E-state index in [0.29, 0.717) is 49.5 Å². The van der Waals surface area contributed by atoms with Crippen LogP contribution >= 0.6 is 0 Å². The van der Waals surface area contributed by atoms with E-state index in [4.69, 9.17) is 19.3 Å². The first-order chi connectivity index (χ1) is 10.1. The Balaban J connectivity index is 2.17. The molecule has 1 heterocycles. The van der Waals surface area contributed by atoms with Gasteiger partial charge in [0.25, 0.3) is 0 Å². The molecule has 0 aromatic heterocycles. The zero-order chi connectivity index (χ0) is 15.0. The van der Waals surface area contributed by atoms with Gasteiger partial charge in [0.15, 0.2) is 23.1 Å². The molecular formula is C15H17FO5. The summed E-state index contributed by atoms with van der Waals surface area (Å²) >= 11 is 0. The van der Waals surface area contributed by atoms with Gasteiger partial charge in [0, 0.05) is 23.5 Å². The van der Waals surface area contributed by atoms with E-state index in [0.717, 1.165) is 0 Å². The quantitative estimate of drug-likeness (QED) is 0.924. The van der Waals surface area contributed by atoms with Crippen LogP contribution in [0.25, 0.3) is 0 Å². The van der Waals surface area contributed by atoms with E-state index in [2.05, 4.69) is 0 Å². The van der Waals surface area contributed by atoms with Crippen LogP contribution in [0.2, 0.25) is 0 Å². The molecule has 5 nitrogen and oxygen atoms in total. The van der Waals surface area contributed by atoms with Gasteiger partial charge in [-0.05, 0) is 12.8 Å². The van der Waals surface area contributed by atoms with Crippen molar-refractivity contribution in [2.24, 2.45) is 0 Å². The molecule has 1 N–H and O–H groups in total. The molecule has 0 spiro atoms. The molecule has 0 atom stereocenters. The molecule has 0 unspecified atom stereocenters. The van der Waals surface area contributed by atoms with Crippen LogP contribution in [0, 0.1) is 5.82 Å². The minimum Gasteiger partial charge on any atom is -0.493 e. The summed E-state index contributed by atoms with van der Waals surface area (Å²) in [4.78, 5) is 11.1. The van der Waals surface area contributed by atoms with Gasteiger partial charge in [0.1, 0.15) is 0 Å². The Hall–Kier alpha value is -1.98. The van der Waals surface area contributed by atoms with Gasteiger partial charge in [-0.2, -0.15) is 0 Å². The Morgan fingerprint density at radius 2 is 2.14 bits per heavy atom. The second-order valence-corrected chi connectivity index (χ2v) is 5.50. The van der Waals surface area contributed by atoms with Crippen LogP contribution in [-0.2, 0) is 10.2 Å². The molecule has 1 aromatic carbocycles. The molecular weight excluding hydrogens is 279 g/mol. The summed E-state index contributed by atoms with van der Waals surface area (Å²) in [6.07, 6.45) is 1.98. The van der Waals surface area contributed by atoms with Crippen molar-refractivity contribution in [3.05, 3.63) is 17.4 Å². The molecule has 1 aliphatic heterocycles. The highest BCUT2D eigenvalue weighted by atomic mass is 19.1. The van der Waals surface area contributed by atoms with Crippen LogP contribution in [0.1, 0.15) is 31.2 Å². The fourth-order valence-corrected chi connectivity index (χ4v) is 2.89. The van der Waals surface area contributed by atoms with Crippen molar-refractivity contribution in [3.8, 4) is 17.2 Å². The number of carboxylic acid groups (broad SMARTS) is 1. The summed E-state index contributed by atoms with van der Waals surface area (Å²) < 4.78 is 30.7. The number of hydrogen-bond donors (Lipinski definition) is 1. The summed E-state index contributed by atoms with van der Waals surface area (Å²) in [5, 5.41) is 9.14. The van der Waals surface area contributed by atoms with E-state index in [1.165, 1.54) is 13.2 Å². The first-order valence-corrected chi connectivity index (χ1v) is 6.96. The number of benzene rings is 1.